The highest BCUT2D eigenvalue weighted by Crippen LogP contribution is 2.35. The van der Waals surface area contributed by atoms with Gasteiger partial charge in [-0.2, -0.15) is 0 Å². The molecule has 0 saturated carbocycles. The van der Waals surface area contributed by atoms with Crippen molar-refractivity contribution in [1.82, 2.24) is 9.80 Å². The molecule has 1 fully saturated rings. The Balaban J connectivity index is 0.00000181. The number of halogens is 2. The van der Waals surface area contributed by atoms with Crippen LogP contribution in [0.15, 0.2) is 41.0 Å². The van der Waals surface area contributed by atoms with Crippen LogP contribution in [0.4, 0.5) is 0 Å². The summed E-state index contributed by atoms with van der Waals surface area (Å²) in [6.07, 6.45) is 1.46. The molecule has 1 aliphatic rings. The maximum Gasteiger partial charge on any atom is 0.200 e. The summed E-state index contributed by atoms with van der Waals surface area (Å²) in [6.45, 7) is 4.28. The van der Waals surface area contributed by atoms with Crippen LogP contribution < -0.4 is 34.3 Å². The molecule has 1 aliphatic heterocycles. The number of methoxy groups -OCH3 is 2. The van der Waals surface area contributed by atoms with E-state index in [-0.39, 0.29) is 36.3 Å². The molecule has 174 valence electrons. The van der Waals surface area contributed by atoms with Crippen LogP contribution in [-0.2, 0) is 6.54 Å². The Hall–Kier alpha value is -2.45. The fourth-order valence-electron chi connectivity index (χ4n) is 3.88. The van der Waals surface area contributed by atoms with Gasteiger partial charge in [0.2, 0.25) is 5.78 Å². The molecule has 0 unspecified atom stereocenters. The number of phenols is 1. The predicted molar refractivity (Wildman–Crippen MR) is 114 cm³/mol. The number of hydrogen-bond donors (Lipinski definition) is 1. The zero-order chi connectivity index (χ0) is 21.3. The Labute approximate surface area is 199 Å². The second-order valence-electron chi connectivity index (χ2n) is 7.56. The molecule has 3 aromatic rings. The largest absolute Gasteiger partial charge is 1.00 e. The lowest BCUT2D eigenvalue weighted by atomic mass is 9.97. The van der Waals surface area contributed by atoms with Gasteiger partial charge in [-0.1, -0.05) is 0 Å². The number of rotatable bonds is 6. The molecule has 1 aromatic heterocycles. The molecule has 2 aromatic carbocycles. The quantitative estimate of drug-likeness (QED) is 0.380. The Morgan fingerprint density at radius 3 is 2.41 bits per heavy atom. The number of carbonyl (C=O) groups excluding carboxylic acids is 1. The van der Waals surface area contributed by atoms with Crippen LogP contribution in [-0.4, -0.2) is 68.1 Å². The first-order chi connectivity index (χ1) is 14.5. The van der Waals surface area contributed by atoms with Crippen molar-refractivity contribution in [3.05, 3.63) is 53.3 Å². The number of phenolic OH excluding ortho intramolecular Hbond substituents is 1. The average molecular weight is 481 g/mol. The zero-order valence-electron chi connectivity index (χ0n) is 18.2. The second-order valence-corrected chi connectivity index (χ2v) is 7.56. The molecule has 0 bridgehead atoms. The number of hydrogen-bond acceptors (Lipinski definition) is 7. The number of nitrogens with zero attached hydrogens (tertiary/aromatic N) is 2. The number of benzene rings is 2. The van der Waals surface area contributed by atoms with Gasteiger partial charge in [0, 0.05) is 43.7 Å². The van der Waals surface area contributed by atoms with E-state index >= 15 is 0 Å². The number of aromatic hydroxyl groups is 1. The van der Waals surface area contributed by atoms with Crippen LogP contribution in [0, 0.1) is 0 Å². The minimum atomic E-state index is -0.241. The normalized spacial score (nSPS) is 14.5. The van der Waals surface area contributed by atoms with Gasteiger partial charge < -0.3 is 48.7 Å². The van der Waals surface area contributed by atoms with Gasteiger partial charge in [0.15, 0.2) is 0 Å². The number of fused-ring (bicyclic) bond motifs is 1. The lowest BCUT2D eigenvalue weighted by Gasteiger charge is -2.32. The SMILES string of the molecule is COc1ccc(OC)c(C(=O)c2coc3ccc(O)c(CN4CCN(C)CC4)c23)c1.[Cl-].[Cl-]. The van der Waals surface area contributed by atoms with Crippen molar-refractivity contribution in [2.75, 3.05) is 47.4 Å². The van der Waals surface area contributed by atoms with E-state index in [4.69, 9.17) is 13.9 Å². The van der Waals surface area contributed by atoms with Gasteiger partial charge in [-0.3, -0.25) is 9.69 Å². The Morgan fingerprint density at radius 2 is 1.75 bits per heavy atom. The first-order valence-electron chi connectivity index (χ1n) is 9.91. The molecule has 1 N–H and O–H groups in total. The maximum atomic E-state index is 13.5. The fraction of sp³-hybridized carbons (Fsp3) is 0.348. The van der Waals surface area contributed by atoms with Crippen molar-refractivity contribution in [2.45, 2.75) is 6.54 Å². The van der Waals surface area contributed by atoms with Crippen molar-refractivity contribution < 1.29 is 48.6 Å². The van der Waals surface area contributed by atoms with E-state index in [1.54, 1.807) is 37.4 Å². The number of ether oxygens (including phenoxy) is 2. The van der Waals surface area contributed by atoms with Crippen LogP contribution >= 0.6 is 0 Å². The maximum absolute atomic E-state index is 13.5. The summed E-state index contributed by atoms with van der Waals surface area (Å²) in [7, 11) is 5.18. The number of ketones is 1. The Morgan fingerprint density at radius 1 is 1.03 bits per heavy atom. The average Bonchev–Trinajstić information content (AvgIpc) is 3.20. The van der Waals surface area contributed by atoms with Gasteiger partial charge in [-0.15, -0.1) is 0 Å². The molecule has 4 rings (SSSR count). The van der Waals surface area contributed by atoms with Crippen molar-refractivity contribution in [1.29, 1.82) is 0 Å². The third kappa shape index (κ3) is 4.96. The van der Waals surface area contributed by atoms with Crippen LogP contribution in [0.5, 0.6) is 17.2 Å². The van der Waals surface area contributed by atoms with E-state index in [1.807, 2.05) is 0 Å². The molecule has 0 spiro atoms. The van der Waals surface area contributed by atoms with Crippen molar-refractivity contribution in [3.8, 4) is 17.2 Å². The smallest absolute Gasteiger partial charge is 0.200 e. The van der Waals surface area contributed by atoms with E-state index < -0.39 is 0 Å². The molecular formula is C23H26Cl2N2O5-2. The number of likely N-dealkylation sites (N-methyl/N-ethyl adjacent to an activating group) is 1. The van der Waals surface area contributed by atoms with Crippen LogP contribution in [0.2, 0.25) is 0 Å². The lowest BCUT2D eigenvalue weighted by molar-refractivity contribution is -0.00100. The first kappa shape index (κ1) is 25.8. The first-order valence-corrected chi connectivity index (χ1v) is 9.91. The van der Waals surface area contributed by atoms with E-state index in [2.05, 4.69) is 16.8 Å². The molecule has 32 heavy (non-hydrogen) atoms. The predicted octanol–water partition coefficient (Wildman–Crippen LogP) is -2.86. The van der Waals surface area contributed by atoms with E-state index in [1.165, 1.54) is 13.4 Å². The summed E-state index contributed by atoms with van der Waals surface area (Å²) in [5.41, 5.74) is 2.06. The molecule has 0 radical (unpaired) electrons. The molecule has 0 amide bonds. The van der Waals surface area contributed by atoms with Crippen molar-refractivity contribution in [2.24, 2.45) is 0 Å². The highest BCUT2D eigenvalue weighted by Gasteiger charge is 2.25. The topological polar surface area (TPSA) is 75.4 Å². The molecular weight excluding hydrogens is 455 g/mol. The van der Waals surface area contributed by atoms with Gasteiger partial charge in [-0.25, -0.2) is 0 Å². The van der Waals surface area contributed by atoms with E-state index in [0.29, 0.717) is 45.7 Å². The summed E-state index contributed by atoms with van der Waals surface area (Å²) in [5.74, 6) is 0.938. The van der Waals surface area contributed by atoms with Crippen LogP contribution in [0.3, 0.4) is 0 Å². The molecule has 7 nitrogen and oxygen atoms in total. The lowest BCUT2D eigenvalue weighted by Crippen LogP contribution is -3.00. The zero-order valence-corrected chi connectivity index (χ0v) is 19.7. The third-order valence-corrected chi connectivity index (χ3v) is 5.70. The Bertz CT molecular complexity index is 1080. The minimum absolute atomic E-state index is 0. The standard InChI is InChI=1S/C23H26N2O5.2ClH/c1-24-8-10-25(11-9-24)13-17-19(26)5-7-21-22(17)18(14-30-21)23(27)16-12-15(28-2)4-6-20(16)29-3;;/h4-7,12,14,26H,8-11,13H2,1-3H3;2*1H/p-2. The number of carbonyl (C=O) groups is 1. The molecule has 2 heterocycles. The molecule has 1 saturated heterocycles. The monoisotopic (exact) mass is 480 g/mol. The van der Waals surface area contributed by atoms with Gasteiger partial charge in [0.25, 0.3) is 0 Å². The highest BCUT2D eigenvalue weighted by molar-refractivity contribution is 6.18. The number of furan rings is 1. The van der Waals surface area contributed by atoms with E-state index in [0.717, 1.165) is 26.2 Å². The van der Waals surface area contributed by atoms with Gasteiger partial charge in [-0.05, 0) is 37.4 Å². The summed E-state index contributed by atoms with van der Waals surface area (Å²) in [4.78, 5) is 18.0. The summed E-state index contributed by atoms with van der Waals surface area (Å²) in [5, 5.41) is 11.3. The minimum Gasteiger partial charge on any atom is -1.00 e. The third-order valence-electron chi connectivity index (χ3n) is 5.70. The number of piperazine rings is 1. The van der Waals surface area contributed by atoms with Gasteiger partial charge >= 0.3 is 0 Å². The van der Waals surface area contributed by atoms with Crippen LogP contribution in [0.1, 0.15) is 21.5 Å². The summed E-state index contributed by atoms with van der Waals surface area (Å²) < 4.78 is 16.4. The summed E-state index contributed by atoms with van der Waals surface area (Å²) in [6, 6.07) is 8.42. The fourth-order valence-corrected chi connectivity index (χ4v) is 3.88. The highest BCUT2D eigenvalue weighted by atomic mass is 35.5. The molecule has 0 aliphatic carbocycles. The van der Waals surface area contributed by atoms with Gasteiger partial charge in [0.05, 0.1) is 25.3 Å². The van der Waals surface area contributed by atoms with Gasteiger partial charge in [0.1, 0.15) is 29.1 Å². The Kier molecular flexibility index (Phi) is 8.81. The summed E-state index contributed by atoms with van der Waals surface area (Å²) >= 11 is 0. The molecule has 0 atom stereocenters. The van der Waals surface area contributed by atoms with Crippen molar-refractivity contribution >= 4 is 16.8 Å². The molecule has 9 heteroatoms. The van der Waals surface area contributed by atoms with Crippen molar-refractivity contribution in [3.63, 3.8) is 0 Å². The van der Waals surface area contributed by atoms with E-state index in [9.17, 15) is 9.90 Å². The second kappa shape index (κ2) is 10.9. The van der Waals surface area contributed by atoms with Crippen LogP contribution in [0.25, 0.3) is 11.0 Å².